The molecule has 1 aromatic carbocycles. The fourth-order valence-corrected chi connectivity index (χ4v) is 4.05. The zero-order valence-electron chi connectivity index (χ0n) is 12.9. The van der Waals surface area contributed by atoms with E-state index in [4.69, 9.17) is 5.73 Å². The molecule has 1 heterocycles. The van der Waals surface area contributed by atoms with Crippen LogP contribution in [0.2, 0.25) is 0 Å². The molecular weight excluding hydrogens is 244 g/mol. The van der Waals surface area contributed by atoms with Crippen molar-refractivity contribution in [2.45, 2.75) is 51.6 Å². The molecule has 1 aliphatic carbocycles. The Morgan fingerprint density at radius 3 is 2.75 bits per heavy atom. The number of fused-ring (bicyclic) bond motifs is 1. The van der Waals surface area contributed by atoms with Gasteiger partial charge in [-0.3, -0.25) is 4.90 Å². The molecule has 110 valence electrons. The molecular formula is C18H28N2. The van der Waals surface area contributed by atoms with Gasteiger partial charge in [-0.25, -0.2) is 0 Å². The van der Waals surface area contributed by atoms with Crippen LogP contribution in [0.5, 0.6) is 0 Å². The third kappa shape index (κ3) is 2.64. The lowest BCUT2D eigenvalue weighted by Gasteiger charge is -2.32. The van der Waals surface area contributed by atoms with Crippen LogP contribution in [-0.4, -0.2) is 24.0 Å². The first-order chi connectivity index (χ1) is 9.66. The van der Waals surface area contributed by atoms with Crippen molar-refractivity contribution >= 4 is 0 Å². The minimum absolute atomic E-state index is 0.194. The topological polar surface area (TPSA) is 29.3 Å². The molecule has 0 aromatic heterocycles. The number of aryl methyl sites for hydroxylation is 1. The van der Waals surface area contributed by atoms with E-state index >= 15 is 0 Å². The number of benzene rings is 1. The highest BCUT2D eigenvalue weighted by molar-refractivity contribution is 5.32. The van der Waals surface area contributed by atoms with Crippen molar-refractivity contribution in [3.63, 3.8) is 0 Å². The Bertz CT molecular complexity index is 454. The maximum absolute atomic E-state index is 6.65. The van der Waals surface area contributed by atoms with E-state index < -0.39 is 0 Å². The van der Waals surface area contributed by atoms with Crippen molar-refractivity contribution in [2.75, 3.05) is 13.1 Å². The number of hydrogen-bond acceptors (Lipinski definition) is 2. The van der Waals surface area contributed by atoms with Gasteiger partial charge in [-0.1, -0.05) is 38.1 Å². The summed E-state index contributed by atoms with van der Waals surface area (Å²) in [6.07, 6.45) is 5.07. The van der Waals surface area contributed by atoms with Crippen LogP contribution >= 0.6 is 0 Å². The van der Waals surface area contributed by atoms with E-state index in [0.29, 0.717) is 6.04 Å². The standard InChI is InChI=1S/C18H28N2/c1-13(2)15-10-11-20(12-15)17-9-5-7-14-6-3-4-8-16(14)18(17)19/h3-4,6,8,13,15,17-18H,5,7,9-12,19H2,1-2H3. The Morgan fingerprint density at radius 2 is 2.00 bits per heavy atom. The van der Waals surface area contributed by atoms with E-state index in [1.807, 2.05) is 0 Å². The van der Waals surface area contributed by atoms with Crippen LogP contribution < -0.4 is 5.73 Å². The molecule has 3 rings (SSSR count). The highest BCUT2D eigenvalue weighted by atomic mass is 15.2. The summed E-state index contributed by atoms with van der Waals surface area (Å²) >= 11 is 0. The normalized spacial score (nSPS) is 31.3. The van der Waals surface area contributed by atoms with Crippen LogP contribution in [0.25, 0.3) is 0 Å². The third-order valence-electron chi connectivity index (χ3n) is 5.44. The number of nitrogens with zero attached hydrogens (tertiary/aromatic N) is 1. The zero-order chi connectivity index (χ0) is 14.1. The van der Waals surface area contributed by atoms with E-state index in [0.717, 1.165) is 11.8 Å². The van der Waals surface area contributed by atoms with E-state index in [-0.39, 0.29) is 6.04 Å². The number of likely N-dealkylation sites (tertiary alicyclic amines) is 1. The van der Waals surface area contributed by atoms with Crippen molar-refractivity contribution in [3.8, 4) is 0 Å². The summed E-state index contributed by atoms with van der Waals surface area (Å²) in [4.78, 5) is 2.68. The quantitative estimate of drug-likeness (QED) is 0.836. The lowest BCUT2D eigenvalue weighted by atomic mass is 9.94. The number of rotatable bonds is 2. The van der Waals surface area contributed by atoms with Crippen LogP contribution in [0.15, 0.2) is 24.3 Å². The molecule has 3 unspecified atom stereocenters. The van der Waals surface area contributed by atoms with Gasteiger partial charge in [0.25, 0.3) is 0 Å². The highest BCUT2D eigenvalue weighted by Crippen LogP contribution is 2.34. The van der Waals surface area contributed by atoms with Crippen LogP contribution in [0, 0.1) is 11.8 Å². The lowest BCUT2D eigenvalue weighted by Crippen LogP contribution is -2.41. The fraction of sp³-hybridized carbons (Fsp3) is 0.667. The summed E-state index contributed by atoms with van der Waals surface area (Å²) in [5, 5.41) is 0. The summed E-state index contributed by atoms with van der Waals surface area (Å²) in [7, 11) is 0. The van der Waals surface area contributed by atoms with Crippen LogP contribution in [-0.2, 0) is 6.42 Å². The van der Waals surface area contributed by atoms with Crippen LogP contribution in [0.1, 0.15) is 50.3 Å². The van der Waals surface area contributed by atoms with Gasteiger partial charge in [0.2, 0.25) is 0 Å². The Morgan fingerprint density at radius 1 is 1.20 bits per heavy atom. The summed E-state index contributed by atoms with van der Waals surface area (Å²) in [5.41, 5.74) is 9.52. The van der Waals surface area contributed by atoms with E-state index in [1.54, 1.807) is 0 Å². The Kier molecular flexibility index (Phi) is 4.13. The van der Waals surface area contributed by atoms with Gasteiger partial charge in [-0.05, 0) is 55.2 Å². The average molecular weight is 272 g/mol. The largest absolute Gasteiger partial charge is 0.323 e. The first kappa shape index (κ1) is 14.1. The van der Waals surface area contributed by atoms with Gasteiger partial charge in [0.05, 0.1) is 0 Å². The summed E-state index contributed by atoms with van der Waals surface area (Å²) in [6, 6.07) is 9.53. The van der Waals surface area contributed by atoms with Gasteiger partial charge < -0.3 is 5.73 Å². The van der Waals surface area contributed by atoms with Crippen molar-refractivity contribution < 1.29 is 0 Å². The van der Waals surface area contributed by atoms with Gasteiger partial charge in [0.1, 0.15) is 0 Å². The van der Waals surface area contributed by atoms with Gasteiger partial charge in [-0.15, -0.1) is 0 Å². The number of hydrogen-bond donors (Lipinski definition) is 1. The van der Waals surface area contributed by atoms with Crippen molar-refractivity contribution in [1.29, 1.82) is 0 Å². The molecule has 1 aliphatic heterocycles. The molecule has 2 nitrogen and oxygen atoms in total. The van der Waals surface area contributed by atoms with E-state index in [9.17, 15) is 0 Å². The smallest absolute Gasteiger partial charge is 0.0455 e. The first-order valence-electron chi connectivity index (χ1n) is 8.24. The van der Waals surface area contributed by atoms with Crippen molar-refractivity contribution in [1.82, 2.24) is 4.90 Å². The zero-order valence-corrected chi connectivity index (χ0v) is 12.9. The predicted molar refractivity (Wildman–Crippen MR) is 84.6 cm³/mol. The second kappa shape index (κ2) is 5.87. The molecule has 1 saturated heterocycles. The molecule has 2 aliphatic rings. The Balaban J connectivity index is 1.78. The molecule has 0 bridgehead atoms. The minimum Gasteiger partial charge on any atom is -0.323 e. The highest BCUT2D eigenvalue weighted by Gasteiger charge is 2.34. The molecule has 2 N–H and O–H groups in total. The summed E-state index contributed by atoms with van der Waals surface area (Å²) < 4.78 is 0. The molecule has 1 fully saturated rings. The lowest BCUT2D eigenvalue weighted by molar-refractivity contribution is 0.187. The summed E-state index contributed by atoms with van der Waals surface area (Å²) in [6.45, 7) is 7.20. The number of nitrogens with two attached hydrogens (primary N) is 1. The second-order valence-corrected chi connectivity index (χ2v) is 6.97. The van der Waals surface area contributed by atoms with Gasteiger partial charge in [0, 0.05) is 18.6 Å². The molecule has 2 heteroatoms. The SMILES string of the molecule is CC(C)C1CCN(C2CCCc3ccccc3C2N)C1. The van der Waals surface area contributed by atoms with Gasteiger partial charge in [-0.2, -0.15) is 0 Å². The third-order valence-corrected chi connectivity index (χ3v) is 5.44. The Hall–Kier alpha value is -0.860. The monoisotopic (exact) mass is 272 g/mol. The summed E-state index contributed by atoms with van der Waals surface area (Å²) in [5.74, 6) is 1.66. The molecule has 0 amide bonds. The fourth-order valence-electron chi connectivity index (χ4n) is 4.05. The molecule has 1 aromatic rings. The maximum Gasteiger partial charge on any atom is 0.0455 e. The average Bonchev–Trinajstić information content (AvgIpc) is 2.87. The maximum atomic E-state index is 6.65. The predicted octanol–water partition coefficient (Wildman–Crippen LogP) is 3.37. The van der Waals surface area contributed by atoms with Crippen LogP contribution in [0.4, 0.5) is 0 Å². The van der Waals surface area contributed by atoms with Gasteiger partial charge in [0.15, 0.2) is 0 Å². The molecule has 20 heavy (non-hydrogen) atoms. The minimum atomic E-state index is 0.194. The first-order valence-corrected chi connectivity index (χ1v) is 8.24. The molecule has 0 spiro atoms. The van der Waals surface area contributed by atoms with E-state index in [2.05, 4.69) is 43.0 Å². The molecule has 0 saturated carbocycles. The van der Waals surface area contributed by atoms with Crippen molar-refractivity contribution in [3.05, 3.63) is 35.4 Å². The van der Waals surface area contributed by atoms with Gasteiger partial charge >= 0.3 is 0 Å². The van der Waals surface area contributed by atoms with Crippen LogP contribution in [0.3, 0.4) is 0 Å². The van der Waals surface area contributed by atoms with Crippen molar-refractivity contribution in [2.24, 2.45) is 17.6 Å². The van der Waals surface area contributed by atoms with E-state index in [1.165, 1.54) is 49.9 Å². The molecule has 3 atom stereocenters. The Labute approximate surface area is 123 Å². The second-order valence-electron chi connectivity index (χ2n) is 6.97. The molecule has 0 radical (unpaired) electrons.